The minimum Gasteiger partial charge on any atom is -0.392 e. The normalized spacial score (nSPS) is 11.0. The number of halogens is 1. The van der Waals surface area contributed by atoms with E-state index in [0.29, 0.717) is 17.4 Å². The number of nitrogens with zero attached hydrogens (tertiary/aromatic N) is 4. The second-order valence-electron chi connectivity index (χ2n) is 5.88. The third-order valence-electron chi connectivity index (χ3n) is 4.03. The molecule has 4 aromatic rings. The number of nitrogens with one attached hydrogen (secondary N) is 1. The molecule has 0 fully saturated rings. The zero-order chi connectivity index (χ0) is 17.9. The molecule has 7 heteroatoms. The number of anilines is 2. The molecule has 6 nitrogen and oxygen atoms in total. The van der Waals surface area contributed by atoms with Gasteiger partial charge >= 0.3 is 0 Å². The lowest BCUT2D eigenvalue weighted by molar-refractivity contribution is 0.282. The van der Waals surface area contributed by atoms with Crippen molar-refractivity contribution >= 4 is 34.1 Å². The summed E-state index contributed by atoms with van der Waals surface area (Å²) in [6.07, 6.45) is 3.26. The van der Waals surface area contributed by atoms with E-state index in [4.69, 9.17) is 11.6 Å². The first-order valence-electron chi connectivity index (χ1n) is 8.11. The van der Waals surface area contributed by atoms with E-state index in [1.54, 1.807) is 6.20 Å². The summed E-state index contributed by atoms with van der Waals surface area (Å²) < 4.78 is 1.82. The zero-order valence-electron chi connectivity index (χ0n) is 13.8. The molecule has 0 unspecified atom stereocenters. The van der Waals surface area contributed by atoms with E-state index in [2.05, 4.69) is 20.4 Å². The van der Waals surface area contributed by atoms with Gasteiger partial charge in [-0.3, -0.25) is 0 Å². The molecule has 0 aliphatic carbocycles. The van der Waals surface area contributed by atoms with Crippen LogP contribution in [0.15, 0.2) is 61.1 Å². The maximum atomic E-state index is 9.29. The molecule has 2 heterocycles. The van der Waals surface area contributed by atoms with Gasteiger partial charge in [-0.2, -0.15) is 5.10 Å². The Bertz CT molecular complexity index is 1060. The van der Waals surface area contributed by atoms with Crippen LogP contribution in [0.2, 0.25) is 5.02 Å². The summed E-state index contributed by atoms with van der Waals surface area (Å²) in [5, 5.41) is 18.5. The second-order valence-corrected chi connectivity index (χ2v) is 6.31. The van der Waals surface area contributed by atoms with E-state index in [1.807, 2.05) is 53.2 Å². The standard InChI is InChI=1S/C19H16ClN5O/c20-15-5-1-3-13(7-15)10-25-19-17(9-23-25)18(21-12-22-19)24-16-6-2-4-14(8-16)11-26/h1-9,12,26H,10-11H2,(H,21,22,24). The molecule has 0 radical (unpaired) electrons. The molecule has 0 saturated carbocycles. The fourth-order valence-corrected chi connectivity index (χ4v) is 3.01. The van der Waals surface area contributed by atoms with Gasteiger partial charge in [0.25, 0.3) is 0 Å². The number of aromatic nitrogens is 4. The SMILES string of the molecule is OCc1cccc(Nc2ncnc3c2cnn3Cc2cccc(Cl)c2)c1. The highest BCUT2D eigenvalue weighted by Crippen LogP contribution is 2.24. The van der Waals surface area contributed by atoms with E-state index in [1.165, 1.54) is 6.33 Å². The van der Waals surface area contributed by atoms with Gasteiger partial charge in [-0.15, -0.1) is 0 Å². The van der Waals surface area contributed by atoms with Gasteiger partial charge in [-0.05, 0) is 35.4 Å². The maximum Gasteiger partial charge on any atom is 0.163 e. The molecule has 0 atom stereocenters. The van der Waals surface area contributed by atoms with Gasteiger partial charge in [0.15, 0.2) is 5.65 Å². The van der Waals surface area contributed by atoms with Crippen molar-refractivity contribution in [2.75, 3.05) is 5.32 Å². The first kappa shape index (κ1) is 16.5. The summed E-state index contributed by atoms with van der Waals surface area (Å²) in [6.45, 7) is 0.562. The maximum absolute atomic E-state index is 9.29. The molecule has 130 valence electrons. The van der Waals surface area contributed by atoms with Crippen molar-refractivity contribution in [1.29, 1.82) is 0 Å². The van der Waals surface area contributed by atoms with Gasteiger partial charge in [-0.1, -0.05) is 35.9 Å². The van der Waals surface area contributed by atoms with Crippen LogP contribution >= 0.6 is 11.6 Å². The lowest BCUT2D eigenvalue weighted by Crippen LogP contribution is -2.03. The van der Waals surface area contributed by atoms with Gasteiger partial charge in [0.05, 0.1) is 24.7 Å². The summed E-state index contributed by atoms with van der Waals surface area (Å²) in [5.41, 5.74) is 3.46. The molecule has 2 N–H and O–H groups in total. The van der Waals surface area contributed by atoms with Gasteiger partial charge in [0, 0.05) is 10.7 Å². The first-order valence-corrected chi connectivity index (χ1v) is 8.48. The minimum absolute atomic E-state index is 0.00767. The third-order valence-corrected chi connectivity index (χ3v) is 4.26. The van der Waals surface area contributed by atoms with Crippen molar-refractivity contribution in [3.8, 4) is 0 Å². The molecule has 4 rings (SSSR count). The molecule has 2 aromatic carbocycles. The number of fused-ring (bicyclic) bond motifs is 1. The third kappa shape index (κ3) is 3.37. The second kappa shape index (κ2) is 7.11. The molecule has 0 saturated heterocycles. The fourth-order valence-electron chi connectivity index (χ4n) is 2.80. The van der Waals surface area contributed by atoms with E-state index in [-0.39, 0.29) is 6.61 Å². The molecular weight excluding hydrogens is 350 g/mol. The van der Waals surface area contributed by atoms with E-state index in [9.17, 15) is 5.11 Å². The smallest absolute Gasteiger partial charge is 0.163 e. The van der Waals surface area contributed by atoms with E-state index < -0.39 is 0 Å². The average molecular weight is 366 g/mol. The van der Waals surface area contributed by atoms with Crippen LogP contribution in [0, 0.1) is 0 Å². The highest BCUT2D eigenvalue weighted by Gasteiger charge is 2.11. The Morgan fingerprint density at radius 2 is 1.88 bits per heavy atom. The molecular formula is C19H16ClN5O. The number of aliphatic hydroxyl groups is 1. The van der Waals surface area contributed by atoms with Gasteiger partial charge in [-0.25, -0.2) is 14.6 Å². The van der Waals surface area contributed by atoms with Crippen molar-refractivity contribution in [3.05, 3.63) is 77.2 Å². The molecule has 0 bridgehead atoms. The lowest BCUT2D eigenvalue weighted by Gasteiger charge is -2.08. The predicted molar refractivity (Wildman–Crippen MR) is 102 cm³/mol. The monoisotopic (exact) mass is 365 g/mol. The van der Waals surface area contributed by atoms with Crippen LogP contribution in [-0.2, 0) is 13.2 Å². The summed E-state index contributed by atoms with van der Waals surface area (Å²) >= 11 is 6.06. The Labute approximate surface area is 155 Å². The Morgan fingerprint density at radius 3 is 2.73 bits per heavy atom. The summed E-state index contributed by atoms with van der Waals surface area (Å²) in [5.74, 6) is 0.669. The topological polar surface area (TPSA) is 75.9 Å². The highest BCUT2D eigenvalue weighted by atomic mass is 35.5. The van der Waals surface area contributed by atoms with Crippen LogP contribution in [-0.4, -0.2) is 24.9 Å². The summed E-state index contributed by atoms with van der Waals surface area (Å²) in [6, 6.07) is 15.2. The number of aliphatic hydroxyl groups excluding tert-OH is 1. The molecule has 0 aliphatic rings. The highest BCUT2D eigenvalue weighted by molar-refractivity contribution is 6.30. The van der Waals surface area contributed by atoms with Crippen molar-refractivity contribution in [1.82, 2.24) is 19.7 Å². The molecule has 26 heavy (non-hydrogen) atoms. The molecule has 0 amide bonds. The number of rotatable bonds is 5. The minimum atomic E-state index is -0.00767. The fraction of sp³-hybridized carbons (Fsp3) is 0.105. The van der Waals surface area contributed by atoms with Crippen LogP contribution in [0.5, 0.6) is 0 Å². The number of benzene rings is 2. The predicted octanol–water partition coefficient (Wildman–Crippen LogP) is 3.76. The average Bonchev–Trinajstić information content (AvgIpc) is 3.06. The first-order chi connectivity index (χ1) is 12.7. The van der Waals surface area contributed by atoms with E-state index >= 15 is 0 Å². The van der Waals surface area contributed by atoms with Crippen molar-refractivity contribution in [2.45, 2.75) is 13.2 Å². The van der Waals surface area contributed by atoms with Crippen LogP contribution < -0.4 is 5.32 Å². The van der Waals surface area contributed by atoms with Gasteiger partial charge in [0.2, 0.25) is 0 Å². The Kier molecular flexibility index (Phi) is 4.51. The zero-order valence-corrected chi connectivity index (χ0v) is 14.6. The quantitative estimate of drug-likeness (QED) is 0.563. The van der Waals surface area contributed by atoms with Crippen LogP contribution in [0.25, 0.3) is 11.0 Å². The number of hydrogen-bond acceptors (Lipinski definition) is 5. The Hall–Kier alpha value is -2.96. The molecule has 0 aliphatic heterocycles. The number of hydrogen-bond donors (Lipinski definition) is 2. The lowest BCUT2D eigenvalue weighted by atomic mass is 10.2. The van der Waals surface area contributed by atoms with Crippen LogP contribution in [0.4, 0.5) is 11.5 Å². The van der Waals surface area contributed by atoms with Gasteiger partial charge in [0.1, 0.15) is 12.1 Å². The van der Waals surface area contributed by atoms with E-state index in [0.717, 1.165) is 27.8 Å². The summed E-state index contributed by atoms with van der Waals surface area (Å²) in [4.78, 5) is 8.71. The van der Waals surface area contributed by atoms with Crippen LogP contribution in [0.3, 0.4) is 0 Å². The van der Waals surface area contributed by atoms with Crippen molar-refractivity contribution in [3.63, 3.8) is 0 Å². The molecule has 2 aromatic heterocycles. The largest absolute Gasteiger partial charge is 0.392 e. The van der Waals surface area contributed by atoms with Crippen LogP contribution in [0.1, 0.15) is 11.1 Å². The Morgan fingerprint density at radius 1 is 1.04 bits per heavy atom. The van der Waals surface area contributed by atoms with Crippen molar-refractivity contribution < 1.29 is 5.11 Å². The summed E-state index contributed by atoms with van der Waals surface area (Å²) in [7, 11) is 0. The Balaban J connectivity index is 1.66. The van der Waals surface area contributed by atoms with Gasteiger partial charge < -0.3 is 10.4 Å². The van der Waals surface area contributed by atoms with Crippen molar-refractivity contribution in [2.24, 2.45) is 0 Å². The molecule has 0 spiro atoms.